The number of benzene rings is 2. The Morgan fingerprint density at radius 2 is 1.43 bits per heavy atom. The summed E-state index contributed by atoms with van der Waals surface area (Å²) in [5, 5.41) is 37.6. The molecule has 116 valence electrons. The largest absolute Gasteiger partial charge is 0.506 e. The van der Waals surface area contributed by atoms with Crippen LogP contribution in [0.2, 0.25) is 5.02 Å². The van der Waals surface area contributed by atoms with Crippen LogP contribution < -0.4 is 0 Å². The first-order valence-electron chi connectivity index (χ1n) is 6.67. The second-order valence-electron chi connectivity index (χ2n) is 4.67. The van der Waals surface area contributed by atoms with Crippen LogP contribution in [-0.4, -0.2) is 19.9 Å². The lowest BCUT2D eigenvalue weighted by atomic mass is 10.3. The number of aromatic hydroxyl groups is 3. The smallest absolute Gasteiger partial charge is 0.228 e. The summed E-state index contributed by atoms with van der Waals surface area (Å²) in [6.45, 7) is 0. The van der Waals surface area contributed by atoms with Gasteiger partial charge in [0, 0.05) is 0 Å². The molecule has 0 aliphatic rings. The molecule has 3 rings (SSSR count). The minimum absolute atomic E-state index is 0.0569. The molecule has 0 radical (unpaired) electrons. The molecule has 3 N–H and O–H groups in total. The van der Waals surface area contributed by atoms with Gasteiger partial charge in [0.05, 0.1) is 5.69 Å². The number of aromatic nitrogens is 1. The van der Waals surface area contributed by atoms with Crippen LogP contribution in [0, 0.1) is 0 Å². The van der Waals surface area contributed by atoms with Gasteiger partial charge in [0.1, 0.15) is 16.5 Å². The molecule has 0 aliphatic heterocycles. The fraction of sp³-hybridized carbons (Fsp3) is 0. The van der Waals surface area contributed by atoms with Gasteiger partial charge in [-0.25, -0.2) is 4.57 Å². The molecular formula is C16H12ClN3O3. The summed E-state index contributed by atoms with van der Waals surface area (Å²) in [5.41, 5.74) is 0.652. The molecule has 1 heterocycles. The second kappa shape index (κ2) is 6.02. The number of azo groups is 1. The molecule has 2 aromatic carbocycles. The summed E-state index contributed by atoms with van der Waals surface area (Å²) in [4.78, 5) is 0. The van der Waals surface area contributed by atoms with E-state index in [-0.39, 0.29) is 33.9 Å². The van der Waals surface area contributed by atoms with Gasteiger partial charge < -0.3 is 15.3 Å². The maximum Gasteiger partial charge on any atom is 0.228 e. The van der Waals surface area contributed by atoms with Crippen LogP contribution in [0.1, 0.15) is 0 Å². The van der Waals surface area contributed by atoms with Crippen molar-refractivity contribution in [3.8, 4) is 23.2 Å². The van der Waals surface area contributed by atoms with Crippen LogP contribution >= 0.6 is 11.6 Å². The van der Waals surface area contributed by atoms with E-state index in [9.17, 15) is 15.3 Å². The summed E-state index contributed by atoms with van der Waals surface area (Å²) < 4.78 is 1.15. The summed E-state index contributed by atoms with van der Waals surface area (Å²) in [6, 6.07) is 15.1. The maximum atomic E-state index is 10.3. The highest BCUT2D eigenvalue weighted by Gasteiger charge is 2.22. The minimum Gasteiger partial charge on any atom is -0.506 e. The first-order chi connectivity index (χ1) is 11.1. The van der Waals surface area contributed by atoms with E-state index < -0.39 is 0 Å². The predicted octanol–water partition coefficient (Wildman–Crippen LogP) is 4.66. The van der Waals surface area contributed by atoms with Gasteiger partial charge in [0.15, 0.2) is 5.69 Å². The van der Waals surface area contributed by atoms with Crippen molar-refractivity contribution >= 4 is 23.0 Å². The van der Waals surface area contributed by atoms with Gasteiger partial charge in [0.25, 0.3) is 0 Å². The van der Waals surface area contributed by atoms with Crippen molar-refractivity contribution < 1.29 is 15.3 Å². The topological polar surface area (TPSA) is 90.3 Å². The number of hydrogen-bond acceptors (Lipinski definition) is 5. The average Bonchev–Trinajstić information content (AvgIpc) is 2.78. The molecule has 0 spiro atoms. The Balaban J connectivity index is 2.07. The number of phenols is 1. The average molecular weight is 330 g/mol. The SMILES string of the molecule is Oc1ccccc1N=Nc1c(Cl)c(O)n(-c2ccccc2)c1O. The van der Waals surface area contributed by atoms with Gasteiger partial charge >= 0.3 is 0 Å². The lowest BCUT2D eigenvalue weighted by Gasteiger charge is -2.05. The molecule has 0 unspecified atom stereocenters. The Hall–Kier alpha value is -2.99. The van der Waals surface area contributed by atoms with Gasteiger partial charge in [-0.05, 0) is 24.3 Å². The fourth-order valence-corrected chi connectivity index (χ4v) is 2.28. The van der Waals surface area contributed by atoms with E-state index in [1.807, 2.05) is 6.07 Å². The molecule has 0 amide bonds. The molecule has 0 saturated heterocycles. The predicted molar refractivity (Wildman–Crippen MR) is 86.4 cm³/mol. The van der Waals surface area contributed by atoms with Crippen LogP contribution in [0.3, 0.4) is 0 Å². The zero-order valence-corrected chi connectivity index (χ0v) is 12.5. The molecule has 3 aromatic rings. The molecule has 0 saturated carbocycles. The van der Waals surface area contributed by atoms with Crippen molar-refractivity contribution in [2.75, 3.05) is 0 Å². The third-order valence-corrected chi connectivity index (χ3v) is 3.54. The van der Waals surface area contributed by atoms with Crippen LogP contribution in [0.25, 0.3) is 5.69 Å². The molecule has 7 heteroatoms. The number of halogens is 1. The molecule has 0 aliphatic carbocycles. The summed E-state index contributed by atoms with van der Waals surface area (Å²) in [6.07, 6.45) is 0. The van der Waals surface area contributed by atoms with E-state index in [2.05, 4.69) is 10.2 Å². The fourth-order valence-electron chi connectivity index (χ4n) is 2.07. The molecule has 6 nitrogen and oxygen atoms in total. The lowest BCUT2D eigenvalue weighted by Crippen LogP contribution is -1.91. The Morgan fingerprint density at radius 1 is 0.783 bits per heavy atom. The highest BCUT2D eigenvalue weighted by Crippen LogP contribution is 2.46. The van der Waals surface area contributed by atoms with Crippen molar-refractivity contribution in [3.05, 3.63) is 59.6 Å². The summed E-state index contributed by atoms with van der Waals surface area (Å²) in [7, 11) is 0. The van der Waals surface area contributed by atoms with Crippen molar-refractivity contribution in [2.24, 2.45) is 10.2 Å². The molecule has 23 heavy (non-hydrogen) atoms. The first kappa shape index (κ1) is 14.9. The number of phenolic OH excluding ortho intramolecular Hbond substituents is 1. The van der Waals surface area contributed by atoms with Gasteiger partial charge in [-0.15, -0.1) is 10.2 Å². The Morgan fingerprint density at radius 3 is 2.13 bits per heavy atom. The molecule has 1 aromatic heterocycles. The third kappa shape index (κ3) is 2.72. The quantitative estimate of drug-likeness (QED) is 0.610. The zero-order chi connectivity index (χ0) is 16.4. The Bertz CT molecular complexity index is 876. The zero-order valence-electron chi connectivity index (χ0n) is 11.8. The third-order valence-electron chi connectivity index (χ3n) is 3.19. The maximum absolute atomic E-state index is 10.3. The summed E-state index contributed by atoms with van der Waals surface area (Å²) in [5.74, 6) is -0.752. The number of para-hydroxylation sites is 2. The van der Waals surface area contributed by atoms with Crippen LogP contribution in [0.15, 0.2) is 64.8 Å². The van der Waals surface area contributed by atoms with Crippen LogP contribution in [-0.2, 0) is 0 Å². The van der Waals surface area contributed by atoms with Crippen molar-refractivity contribution in [1.29, 1.82) is 0 Å². The van der Waals surface area contributed by atoms with Crippen molar-refractivity contribution in [3.63, 3.8) is 0 Å². The van der Waals surface area contributed by atoms with E-state index in [0.717, 1.165) is 4.57 Å². The van der Waals surface area contributed by atoms with Crippen LogP contribution in [0.4, 0.5) is 11.4 Å². The van der Waals surface area contributed by atoms with Crippen molar-refractivity contribution in [1.82, 2.24) is 4.57 Å². The standard InChI is InChI=1S/C16H12ClN3O3/c17-13-14(19-18-11-8-4-5-9-12(11)21)16(23)20(15(13)22)10-6-2-1-3-7-10/h1-9,21-23H. The van der Waals surface area contributed by atoms with Crippen LogP contribution in [0.5, 0.6) is 17.5 Å². The molecule has 0 atom stereocenters. The van der Waals surface area contributed by atoms with Gasteiger partial charge in [-0.3, -0.25) is 0 Å². The molecule has 0 bridgehead atoms. The lowest BCUT2D eigenvalue weighted by molar-refractivity contribution is 0.403. The number of hydrogen-bond donors (Lipinski definition) is 3. The Labute approximate surface area is 136 Å². The van der Waals surface area contributed by atoms with Gasteiger partial charge in [-0.1, -0.05) is 41.9 Å². The number of nitrogens with zero attached hydrogens (tertiary/aromatic N) is 3. The first-order valence-corrected chi connectivity index (χ1v) is 7.04. The highest BCUT2D eigenvalue weighted by atomic mass is 35.5. The summed E-state index contributed by atoms with van der Waals surface area (Å²) >= 11 is 6.03. The van der Waals surface area contributed by atoms with E-state index in [4.69, 9.17) is 11.6 Å². The van der Waals surface area contributed by atoms with Crippen molar-refractivity contribution in [2.45, 2.75) is 0 Å². The van der Waals surface area contributed by atoms with E-state index in [1.54, 1.807) is 42.5 Å². The second-order valence-corrected chi connectivity index (χ2v) is 5.05. The number of rotatable bonds is 3. The van der Waals surface area contributed by atoms with E-state index >= 15 is 0 Å². The van der Waals surface area contributed by atoms with E-state index in [0.29, 0.717) is 5.69 Å². The van der Waals surface area contributed by atoms with Gasteiger partial charge in [-0.2, -0.15) is 0 Å². The Kier molecular flexibility index (Phi) is 3.91. The minimum atomic E-state index is -0.349. The van der Waals surface area contributed by atoms with E-state index in [1.165, 1.54) is 6.07 Å². The molecular weight excluding hydrogens is 318 g/mol. The highest BCUT2D eigenvalue weighted by molar-refractivity contribution is 6.34. The van der Waals surface area contributed by atoms with Gasteiger partial charge in [0.2, 0.25) is 11.8 Å². The monoisotopic (exact) mass is 329 g/mol. The normalized spacial score (nSPS) is 11.2. The molecule has 0 fully saturated rings.